The minimum Gasteiger partial charge on any atom is -0.375 e. The van der Waals surface area contributed by atoms with Crippen molar-refractivity contribution in [3.05, 3.63) is 35.4 Å². The lowest BCUT2D eigenvalue weighted by molar-refractivity contribution is -0.137. The van der Waals surface area contributed by atoms with Gasteiger partial charge in [0.1, 0.15) is 0 Å². The van der Waals surface area contributed by atoms with Crippen LogP contribution in [0, 0.1) is 0 Å². The van der Waals surface area contributed by atoms with E-state index in [-0.39, 0.29) is 23.6 Å². The summed E-state index contributed by atoms with van der Waals surface area (Å²) in [5, 5.41) is 0. The fraction of sp³-hybridized carbons (Fsp3) is 0.500. The van der Waals surface area contributed by atoms with Crippen LogP contribution in [0.5, 0.6) is 0 Å². The maximum Gasteiger partial charge on any atom is 0.416 e. The van der Waals surface area contributed by atoms with Crippen LogP contribution in [0.25, 0.3) is 0 Å². The molecule has 1 amide bonds. The van der Waals surface area contributed by atoms with Crippen molar-refractivity contribution in [1.29, 1.82) is 0 Å². The maximum atomic E-state index is 12.5. The lowest BCUT2D eigenvalue weighted by atomic mass is 10.1. The van der Waals surface area contributed by atoms with Crippen molar-refractivity contribution in [3.63, 3.8) is 0 Å². The van der Waals surface area contributed by atoms with Crippen LogP contribution in [0.15, 0.2) is 24.3 Å². The highest BCUT2D eigenvalue weighted by Gasteiger charge is 2.31. The molecule has 0 bridgehead atoms. The zero-order chi connectivity index (χ0) is 14.9. The van der Waals surface area contributed by atoms with Crippen molar-refractivity contribution in [2.24, 2.45) is 0 Å². The Hall–Kier alpha value is -1.56. The fourth-order valence-electron chi connectivity index (χ4n) is 2.15. The van der Waals surface area contributed by atoms with Gasteiger partial charge < -0.3 is 9.64 Å². The Morgan fingerprint density at radius 2 is 1.85 bits per heavy atom. The largest absolute Gasteiger partial charge is 0.416 e. The van der Waals surface area contributed by atoms with Crippen LogP contribution >= 0.6 is 0 Å². The lowest BCUT2D eigenvalue weighted by Crippen LogP contribution is -2.50. The molecular weight excluding hydrogens is 271 g/mol. The van der Waals surface area contributed by atoms with E-state index < -0.39 is 11.7 Å². The molecule has 6 heteroatoms. The summed E-state index contributed by atoms with van der Waals surface area (Å²) in [6.45, 7) is 4.60. The van der Waals surface area contributed by atoms with Gasteiger partial charge in [-0.2, -0.15) is 13.2 Å². The van der Waals surface area contributed by atoms with Crippen LogP contribution in [-0.4, -0.2) is 36.1 Å². The Labute approximate surface area is 115 Å². The van der Waals surface area contributed by atoms with Gasteiger partial charge in [0.25, 0.3) is 5.91 Å². The van der Waals surface area contributed by atoms with Gasteiger partial charge in [-0.3, -0.25) is 4.79 Å². The first kappa shape index (κ1) is 14.8. The molecular formula is C14H16F3NO2. The van der Waals surface area contributed by atoms with E-state index in [1.54, 1.807) is 4.90 Å². The number of rotatable bonds is 1. The molecule has 1 aliphatic heterocycles. The number of amides is 1. The Balaban J connectivity index is 2.16. The second-order valence-electron chi connectivity index (χ2n) is 5.03. The first-order valence-corrected chi connectivity index (χ1v) is 6.39. The van der Waals surface area contributed by atoms with E-state index >= 15 is 0 Å². The predicted molar refractivity (Wildman–Crippen MR) is 67.4 cm³/mol. The third-order valence-electron chi connectivity index (χ3n) is 3.33. The molecule has 3 nitrogen and oxygen atoms in total. The number of morpholine rings is 1. The van der Waals surface area contributed by atoms with Gasteiger partial charge >= 0.3 is 6.18 Å². The smallest absolute Gasteiger partial charge is 0.375 e. The molecule has 1 aromatic carbocycles. The zero-order valence-corrected chi connectivity index (χ0v) is 11.3. The summed E-state index contributed by atoms with van der Waals surface area (Å²) in [5.41, 5.74) is -0.489. The maximum absolute atomic E-state index is 12.5. The Bertz CT molecular complexity index is 484. The third kappa shape index (κ3) is 3.12. The molecule has 20 heavy (non-hydrogen) atoms. The molecule has 1 aromatic rings. The quantitative estimate of drug-likeness (QED) is 0.794. The van der Waals surface area contributed by atoms with Crippen molar-refractivity contribution >= 4 is 5.91 Å². The van der Waals surface area contributed by atoms with Gasteiger partial charge in [0.2, 0.25) is 0 Å². The third-order valence-corrected chi connectivity index (χ3v) is 3.33. The summed E-state index contributed by atoms with van der Waals surface area (Å²) in [6, 6.07) is 4.22. The highest BCUT2D eigenvalue weighted by molar-refractivity contribution is 5.94. The molecule has 1 heterocycles. The molecule has 0 unspecified atom stereocenters. The molecule has 2 atom stereocenters. The van der Waals surface area contributed by atoms with E-state index in [0.717, 1.165) is 12.1 Å². The number of ether oxygens (including phenoxy) is 1. The Kier molecular flexibility index (Phi) is 4.04. The number of nitrogens with zero attached hydrogens (tertiary/aromatic N) is 1. The first-order valence-electron chi connectivity index (χ1n) is 6.39. The standard InChI is InChI=1S/C14H16F3NO2/c1-9-8-20-10(2)7-18(9)13(19)11-3-5-12(6-4-11)14(15,16)17/h3-6,9-10H,7-8H2,1-2H3/t9-,10+/m0/s1. The van der Waals surface area contributed by atoms with Gasteiger partial charge in [0, 0.05) is 12.1 Å². The molecule has 0 saturated carbocycles. The zero-order valence-electron chi connectivity index (χ0n) is 11.3. The second-order valence-corrected chi connectivity index (χ2v) is 5.03. The molecule has 0 spiro atoms. The van der Waals surface area contributed by atoms with E-state index in [1.165, 1.54) is 12.1 Å². The summed E-state index contributed by atoms with van der Waals surface area (Å²) < 4.78 is 42.9. The van der Waals surface area contributed by atoms with Crippen LogP contribution in [-0.2, 0) is 10.9 Å². The number of hydrogen-bond donors (Lipinski definition) is 0. The predicted octanol–water partition coefficient (Wildman–Crippen LogP) is 2.95. The molecule has 1 saturated heterocycles. The van der Waals surface area contributed by atoms with Crippen molar-refractivity contribution in [1.82, 2.24) is 4.90 Å². The molecule has 0 radical (unpaired) electrons. The van der Waals surface area contributed by atoms with Crippen LogP contribution in [0.3, 0.4) is 0 Å². The summed E-state index contributed by atoms with van der Waals surface area (Å²) >= 11 is 0. The molecule has 0 aliphatic carbocycles. The minimum absolute atomic E-state index is 0.0652. The molecule has 0 N–H and O–H groups in total. The van der Waals surface area contributed by atoms with Crippen molar-refractivity contribution in [2.75, 3.05) is 13.2 Å². The number of carbonyl (C=O) groups excluding carboxylic acids is 1. The normalized spacial score (nSPS) is 23.8. The fourth-order valence-corrected chi connectivity index (χ4v) is 2.15. The molecule has 1 aliphatic rings. The van der Waals surface area contributed by atoms with Crippen LogP contribution < -0.4 is 0 Å². The van der Waals surface area contributed by atoms with Crippen molar-refractivity contribution < 1.29 is 22.7 Å². The van der Waals surface area contributed by atoms with E-state index in [4.69, 9.17) is 4.74 Å². The second kappa shape index (κ2) is 5.44. The monoisotopic (exact) mass is 287 g/mol. The molecule has 2 rings (SSSR count). The van der Waals surface area contributed by atoms with E-state index in [2.05, 4.69) is 0 Å². The van der Waals surface area contributed by atoms with Crippen molar-refractivity contribution in [2.45, 2.75) is 32.2 Å². The summed E-state index contributed by atoms with van der Waals surface area (Å²) in [6.07, 6.45) is -4.45. The highest BCUT2D eigenvalue weighted by atomic mass is 19.4. The highest BCUT2D eigenvalue weighted by Crippen LogP contribution is 2.29. The van der Waals surface area contributed by atoms with Gasteiger partial charge in [0.15, 0.2) is 0 Å². The van der Waals surface area contributed by atoms with Gasteiger partial charge in [-0.1, -0.05) is 0 Å². The Morgan fingerprint density at radius 1 is 1.25 bits per heavy atom. The van der Waals surface area contributed by atoms with Crippen LogP contribution in [0.1, 0.15) is 29.8 Å². The Morgan fingerprint density at radius 3 is 2.40 bits per heavy atom. The average Bonchev–Trinajstić information content (AvgIpc) is 2.40. The first-order chi connectivity index (χ1) is 9.29. The van der Waals surface area contributed by atoms with Gasteiger partial charge in [0.05, 0.1) is 24.3 Å². The summed E-state index contributed by atoms with van der Waals surface area (Å²) in [5.74, 6) is -0.263. The van der Waals surface area contributed by atoms with E-state index in [9.17, 15) is 18.0 Å². The summed E-state index contributed by atoms with van der Waals surface area (Å²) in [7, 11) is 0. The SMILES string of the molecule is C[C@@H]1CN(C(=O)c2ccc(C(F)(F)F)cc2)[C@@H](C)CO1. The molecule has 110 valence electrons. The van der Waals surface area contributed by atoms with Gasteiger partial charge in [-0.25, -0.2) is 0 Å². The molecule has 0 aromatic heterocycles. The lowest BCUT2D eigenvalue weighted by Gasteiger charge is -2.36. The summed E-state index contributed by atoms with van der Waals surface area (Å²) in [4.78, 5) is 13.9. The number of carbonyl (C=O) groups is 1. The van der Waals surface area contributed by atoms with Crippen molar-refractivity contribution in [3.8, 4) is 0 Å². The van der Waals surface area contributed by atoms with Gasteiger partial charge in [-0.05, 0) is 38.1 Å². The topological polar surface area (TPSA) is 29.5 Å². The molecule has 1 fully saturated rings. The van der Waals surface area contributed by atoms with E-state index in [0.29, 0.717) is 13.2 Å². The van der Waals surface area contributed by atoms with Gasteiger partial charge in [-0.15, -0.1) is 0 Å². The van der Waals surface area contributed by atoms with Crippen LogP contribution in [0.4, 0.5) is 13.2 Å². The number of halogens is 3. The minimum atomic E-state index is -4.39. The number of alkyl halides is 3. The van der Waals surface area contributed by atoms with E-state index in [1.807, 2.05) is 13.8 Å². The number of benzene rings is 1. The number of hydrogen-bond acceptors (Lipinski definition) is 2. The van der Waals surface area contributed by atoms with Crippen LogP contribution in [0.2, 0.25) is 0 Å². The average molecular weight is 287 g/mol.